The Morgan fingerprint density at radius 3 is 2.58 bits per heavy atom. The maximum atomic E-state index is 13.0. The second kappa shape index (κ2) is 9.90. The Labute approximate surface area is 188 Å². The number of nitrogens with one attached hydrogen (secondary N) is 2. The molecule has 3 unspecified atom stereocenters. The molecular formula is C23H32ClN3O4. The molecule has 0 aromatic heterocycles. The zero-order chi connectivity index (χ0) is 22.6. The van der Waals surface area contributed by atoms with Crippen LogP contribution in [0.4, 0.5) is 4.79 Å². The molecule has 8 heteroatoms. The van der Waals surface area contributed by atoms with Gasteiger partial charge >= 0.3 is 6.09 Å². The minimum absolute atomic E-state index is 0.0419. The third-order valence-corrected chi connectivity index (χ3v) is 5.95. The SMILES string of the molecule is CC(C)(C)OC(=O)NCCNC(=O)C1CCCN(C(=O)C2CC2c2ccccc2Cl)C1. The number of halogens is 1. The van der Waals surface area contributed by atoms with Gasteiger partial charge in [0.15, 0.2) is 0 Å². The molecule has 1 aromatic rings. The Morgan fingerprint density at radius 1 is 1.16 bits per heavy atom. The highest BCUT2D eigenvalue weighted by Gasteiger charge is 2.47. The number of alkyl carbamates (subject to hydrolysis) is 1. The number of hydrogen-bond acceptors (Lipinski definition) is 4. The van der Waals surface area contributed by atoms with Crippen LogP contribution in [0.1, 0.15) is 51.5 Å². The summed E-state index contributed by atoms with van der Waals surface area (Å²) in [4.78, 5) is 39.0. The quantitative estimate of drug-likeness (QED) is 0.652. The Kier molecular flexibility index (Phi) is 7.46. The molecular weight excluding hydrogens is 418 g/mol. The van der Waals surface area contributed by atoms with Crippen molar-refractivity contribution in [3.8, 4) is 0 Å². The maximum Gasteiger partial charge on any atom is 0.407 e. The van der Waals surface area contributed by atoms with E-state index in [9.17, 15) is 14.4 Å². The molecule has 1 saturated carbocycles. The van der Waals surface area contributed by atoms with Crippen LogP contribution in [0.25, 0.3) is 0 Å². The minimum atomic E-state index is -0.558. The van der Waals surface area contributed by atoms with Crippen LogP contribution in [-0.4, -0.2) is 54.6 Å². The maximum absolute atomic E-state index is 13.0. The highest BCUT2D eigenvalue weighted by atomic mass is 35.5. The summed E-state index contributed by atoms with van der Waals surface area (Å²) in [6.45, 7) is 7.12. The summed E-state index contributed by atoms with van der Waals surface area (Å²) in [6.07, 6.45) is 1.87. The fourth-order valence-electron chi connectivity index (χ4n) is 4.02. The number of likely N-dealkylation sites (tertiary alicyclic amines) is 1. The first kappa shape index (κ1) is 23.4. The Bertz CT molecular complexity index is 823. The lowest BCUT2D eigenvalue weighted by molar-refractivity contribution is -0.136. The summed E-state index contributed by atoms with van der Waals surface area (Å²) in [7, 11) is 0. The first-order valence-electron chi connectivity index (χ1n) is 10.9. The number of piperidine rings is 1. The molecule has 1 heterocycles. The van der Waals surface area contributed by atoms with Gasteiger partial charge in [-0.05, 0) is 57.6 Å². The molecule has 3 amide bonds. The van der Waals surface area contributed by atoms with Gasteiger partial charge in [-0.3, -0.25) is 9.59 Å². The lowest BCUT2D eigenvalue weighted by atomic mass is 9.96. The van der Waals surface area contributed by atoms with Gasteiger partial charge in [0.1, 0.15) is 5.60 Å². The van der Waals surface area contributed by atoms with Crippen molar-refractivity contribution in [2.45, 2.75) is 51.6 Å². The van der Waals surface area contributed by atoms with E-state index in [1.165, 1.54) is 0 Å². The average Bonchev–Trinajstić information content (AvgIpc) is 3.50. The van der Waals surface area contributed by atoms with Gasteiger partial charge in [-0.15, -0.1) is 0 Å². The van der Waals surface area contributed by atoms with E-state index in [0.717, 1.165) is 24.8 Å². The van der Waals surface area contributed by atoms with Crippen molar-refractivity contribution < 1.29 is 19.1 Å². The van der Waals surface area contributed by atoms with Crippen LogP contribution in [0, 0.1) is 11.8 Å². The first-order chi connectivity index (χ1) is 14.7. The molecule has 1 saturated heterocycles. The van der Waals surface area contributed by atoms with Crippen LogP contribution in [0.15, 0.2) is 24.3 Å². The van der Waals surface area contributed by atoms with Crippen LogP contribution in [-0.2, 0) is 14.3 Å². The Morgan fingerprint density at radius 2 is 1.87 bits per heavy atom. The molecule has 2 fully saturated rings. The molecule has 3 rings (SSSR count). The van der Waals surface area contributed by atoms with Gasteiger partial charge < -0.3 is 20.3 Å². The van der Waals surface area contributed by atoms with Crippen LogP contribution >= 0.6 is 11.6 Å². The van der Waals surface area contributed by atoms with Crippen molar-refractivity contribution in [1.29, 1.82) is 0 Å². The van der Waals surface area contributed by atoms with E-state index in [-0.39, 0.29) is 36.1 Å². The Hall–Kier alpha value is -2.28. The lowest BCUT2D eigenvalue weighted by Crippen LogP contribution is -2.47. The standard InChI is InChI=1S/C23H32ClN3O4/c1-23(2,3)31-22(30)26-11-10-25-20(28)15-7-6-12-27(14-15)21(29)18-13-17(18)16-8-4-5-9-19(16)24/h4-5,8-9,15,17-18H,6-7,10-14H2,1-3H3,(H,25,28)(H,26,30). The molecule has 0 bridgehead atoms. The fraction of sp³-hybridized carbons (Fsp3) is 0.609. The van der Waals surface area contributed by atoms with Gasteiger partial charge in [-0.1, -0.05) is 29.8 Å². The van der Waals surface area contributed by atoms with E-state index in [0.29, 0.717) is 24.7 Å². The highest BCUT2D eigenvalue weighted by Crippen LogP contribution is 2.50. The lowest BCUT2D eigenvalue weighted by Gasteiger charge is -2.32. The van der Waals surface area contributed by atoms with Crippen molar-refractivity contribution in [3.63, 3.8) is 0 Å². The third-order valence-electron chi connectivity index (χ3n) is 5.61. The van der Waals surface area contributed by atoms with Gasteiger partial charge in [0, 0.05) is 37.1 Å². The number of amides is 3. The molecule has 170 valence electrons. The van der Waals surface area contributed by atoms with E-state index in [2.05, 4.69) is 10.6 Å². The molecule has 3 atom stereocenters. The van der Waals surface area contributed by atoms with E-state index in [1.807, 2.05) is 29.2 Å². The van der Waals surface area contributed by atoms with Crippen molar-refractivity contribution in [2.24, 2.45) is 11.8 Å². The monoisotopic (exact) mass is 449 g/mol. The minimum Gasteiger partial charge on any atom is -0.444 e. The second-order valence-electron chi connectivity index (χ2n) is 9.31. The largest absolute Gasteiger partial charge is 0.444 e. The van der Waals surface area contributed by atoms with E-state index in [1.54, 1.807) is 20.8 Å². The van der Waals surface area contributed by atoms with Gasteiger partial charge in [0.25, 0.3) is 0 Å². The molecule has 1 aliphatic heterocycles. The number of carbonyl (C=O) groups excluding carboxylic acids is 3. The fourth-order valence-corrected chi connectivity index (χ4v) is 4.30. The van der Waals surface area contributed by atoms with Gasteiger partial charge in [0.2, 0.25) is 11.8 Å². The summed E-state index contributed by atoms with van der Waals surface area (Å²) < 4.78 is 5.16. The van der Waals surface area contributed by atoms with Crippen molar-refractivity contribution in [3.05, 3.63) is 34.9 Å². The molecule has 0 spiro atoms. The first-order valence-corrected chi connectivity index (χ1v) is 11.3. The molecule has 2 aliphatic rings. The molecule has 0 radical (unpaired) electrons. The number of rotatable bonds is 6. The normalized spacial score (nSPS) is 23.1. The number of benzene rings is 1. The van der Waals surface area contributed by atoms with Crippen molar-refractivity contribution >= 4 is 29.5 Å². The van der Waals surface area contributed by atoms with Crippen molar-refractivity contribution in [1.82, 2.24) is 15.5 Å². The van der Waals surface area contributed by atoms with Crippen molar-refractivity contribution in [2.75, 3.05) is 26.2 Å². The topological polar surface area (TPSA) is 87.7 Å². The summed E-state index contributed by atoms with van der Waals surface area (Å²) in [5.41, 5.74) is 0.476. The van der Waals surface area contributed by atoms with Gasteiger partial charge in [-0.2, -0.15) is 0 Å². The van der Waals surface area contributed by atoms with Crippen LogP contribution in [0.5, 0.6) is 0 Å². The smallest absolute Gasteiger partial charge is 0.407 e. The summed E-state index contributed by atoms with van der Waals surface area (Å²) >= 11 is 6.28. The predicted octanol–water partition coefficient (Wildman–Crippen LogP) is 3.32. The summed E-state index contributed by atoms with van der Waals surface area (Å²) in [5, 5.41) is 6.18. The third kappa shape index (κ3) is 6.60. The summed E-state index contributed by atoms with van der Waals surface area (Å²) in [6, 6.07) is 7.68. The number of carbonyl (C=O) groups is 3. The molecule has 1 aromatic carbocycles. The van der Waals surface area contributed by atoms with Crippen LogP contribution < -0.4 is 10.6 Å². The van der Waals surface area contributed by atoms with Gasteiger partial charge in [0.05, 0.1) is 5.92 Å². The molecule has 1 aliphatic carbocycles. The molecule has 2 N–H and O–H groups in total. The van der Waals surface area contributed by atoms with Crippen LogP contribution in [0.2, 0.25) is 5.02 Å². The van der Waals surface area contributed by atoms with Gasteiger partial charge in [-0.25, -0.2) is 4.79 Å². The number of ether oxygens (including phenoxy) is 1. The Balaban J connectivity index is 1.42. The predicted molar refractivity (Wildman–Crippen MR) is 119 cm³/mol. The molecule has 31 heavy (non-hydrogen) atoms. The second-order valence-corrected chi connectivity index (χ2v) is 9.72. The zero-order valence-corrected chi connectivity index (χ0v) is 19.2. The highest BCUT2D eigenvalue weighted by molar-refractivity contribution is 6.31. The van der Waals surface area contributed by atoms with Crippen LogP contribution in [0.3, 0.4) is 0 Å². The number of nitrogens with zero attached hydrogens (tertiary/aromatic N) is 1. The van der Waals surface area contributed by atoms with E-state index >= 15 is 0 Å². The number of hydrogen-bond donors (Lipinski definition) is 2. The van der Waals surface area contributed by atoms with E-state index in [4.69, 9.17) is 16.3 Å². The zero-order valence-electron chi connectivity index (χ0n) is 18.4. The average molecular weight is 450 g/mol. The summed E-state index contributed by atoms with van der Waals surface area (Å²) in [5.74, 6) is -0.0539. The van der Waals surface area contributed by atoms with E-state index < -0.39 is 11.7 Å². The molecule has 7 nitrogen and oxygen atoms in total.